The van der Waals surface area contributed by atoms with Crippen molar-refractivity contribution in [3.63, 3.8) is 0 Å². The lowest BCUT2D eigenvalue weighted by molar-refractivity contribution is 0.193. The number of aromatic nitrogens is 1. The second-order valence-corrected chi connectivity index (χ2v) is 7.53. The van der Waals surface area contributed by atoms with E-state index in [1.165, 1.54) is 16.7 Å². The van der Waals surface area contributed by atoms with Gasteiger partial charge in [-0.25, -0.2) is 4.79 Å². The third-order valence-electron chi connectivity index (χ3n) is 5.72. The lowest BCUT2D eigenvalue weighted by Gasteiger charge is -2.26. The van der Waals surface area contributed by atoms with E-state index < -0.39 is 0 Å². The van der Waals surface area contributed by atoms with Crippen LogP contribution in [0.5, 0.6) is 0 Å². The molecule has 4 nitrogen and oxygen atoms in total. The van der Waals surface area contributed by atoms with Crippen molar-refractivity contribution < 1.29 is 4.79 Å². The summed E-state index contributed by atoms with van der Waals surface area (Å²) in [5, 5.41) is 3.17. The largest absolute Gasteiger partial charge is 0.338 e. The Balaban J connectivity index is 1.40. The summed E-state index contributed by atoms with van der Waals surface area (Å²) in [5.41, 5.74) is 3.73. The Kier molecular flexibility index (Phi) is 6.20. The van der Waals surface area contributed by atoms with E-state index in [1.807, 2.05) is 29.2 Å². The maximum atomic E-state index is 12.9. The zero-order chi connectivity index (χ0) is 19.9. The molecule has 2 aromatic carbocycles. The number of amides is 2. The van der Waals surface area contributed by atoms with Gasteiger partial charge >= 0.3 is 6.03 Å². The van der Waals surface area contributed by atoms with Crippen LogP contribution in [-0.2, 0) is 0 Å². The van der Waals surface area contributed by atoms with Gasteiger partial charge in [0.25, 0.3) is 0 Å². The average molecular weight is 386 g/mol. The maximum absolute atomic E-state index is 12.9. The molecule has 1 aliphatic rings. The van der Waals surface area contributed by atoms with E-state index in [0.717, 1.165) is 25.8 Å². The van der Waals surface area contributed by atoms with E-state index in [0.29, 0.717) is 6.54 Å². The van der Waals surface area contributed by atoms with E-state index in [9.17, 15) is 4.79 Å². The van der Waals surface area contributed by atoms with E-state index in [2.05, 4.69) is 58.8 Å². The predicted octanol–water partition coefficient (Wildman–Crippen LogP) is 5.15. The summed E-state index contributed by atoms with van der Waals surface area (Å²) < 4.78 is 0. The Morgan fingerprint density at radius 3 is 2.21 bits per heavy atom. The fourth-order valence-corrected chi connectivity index (χ4v) is 4.26. The molecule has 1 N–H and O–H groups in total. The molecule has 0 saturated carbocycles. The number of hydrogen-bond donors (Lipinski definition) is 1. The minimum Gasteiger partial charge on any atom is -0.338 e. The van der Waals surface area contributed by atoms with E-state index in [-0.39, 0.29) is 18.0 Å². The average Bonchev–Trinajstić information content (AvgIpc) is 3.29. The van der Waals surface area contributed by atoms with Crippen LogP contribution in [-0.4, -0.2) is 29.0 Å². The van der Waals surface area contributed by atoms with Crippen LogP contribution < -0.4 is 5.32 Å². The van der Waals surface area contributed by atoms with Crippen molar-refractivity contribution >= 4 is 6.03 Å². The smallest absolute Gasteiger partial charge is 0.317 e. The highest BCUT2D eigenvalue weighted by atomic mass is 16.2. The summed E-state index contributed by atoms with van der Waals surface area (Å²) in [6, 6.07) is 25.3. The Hall–Kier alpha value is -3.14. The van der Waals surface area contributed by atoms with Crippen LogP contribution in [0.2, 0.25) is 0 Å². The van der Waals surface area contributed by atoms with Crippen molar-refractivity contribution in [1.82, 2.24) is 15.2 Å². The van der Waals surface area contributed by atoms with Gasteiger partial charge in [-0.2, -0.15) is 0 Å². The molecule has 1 aromatic heterocycles. The van der Waals surface area contributed by atoms with Crippen LogP contribution in [0.4, 0.5) is 4.79 Å². The third-order valence-corrected chi connectivity index (χ3v) is 5.72. The van der Waals surface area contributed by atoms with Gasteiger partial charge in [0, 0.05) is 31.4 Å². The molecule has 1 fully saturated rings. The van der Waals surface area contributed by atoms with Crippen LogP contribution >= 0.6 is 0 Å². The van der Waals surface area contributed by atoms with Gasteiger partial charge in [0.2, 0.25) is 0 Å². The van der Waals surface area contributed by atoms with Crippen LogP contribution in [0.3, 0.4) is 0 Å². The monoisotopic (exact) mass is 385 g/mol. The fraction of sp³-hybridized carbons (Fsp3) is 0.280. The summed E-state index contributed by atoms with van der Waals surface area (Å²) in [7, 11) is 0. The Morgan fingerprint density at radius 2 is 1.59 bits per heavy atom. The molecular formula is C25H27N3O. The van der Waals surface area contributed by atoms with Crippen LogP contribution in [0.25, 0.3) is 0 Å². The third kappa shape index (κ3) is 4.65. The summed E-state index contributed by atoms with van der Waals surface area (Å²) in [6.07, 6.45) is 6.51. The zero-order valence-corrected chi connectivity index (χ0v) is 16.6. The van der Waals surface area contributed by atoms with Crippen molar-refractivity contribution in [2.24, 2.45) is 0 Å². The highest BCUT2D eigenvalue weighted by Gasteiger charge is 2.29. The molecule has 2 heterocycles. The van der Waals surface area contributed by atoms with Gasteiger partial charge in [0.15, 0.2) is 0 Å². The number of rotatable bonds is 6. The number of urea groups is 1. The molecule has 1 unspecified atom stereocenters. The Morgan fingerprint density at radius 1 is 0.966 bits per heavy atom. The lowest BCUT2D eigenvalue weighted by atomic mass is 9.88. The van der Waals surface area contributed by atoms with E-state index >= 15 is 0 Å². The van der Waals surface area contributed by atoms with Crippen molar-refractivity contribution in [3.8, 4) is 0 Å². The topological polar surface area (TPSA) is 45.2 Å². The van der Waals surface area contributed by atoms with Gasteiger partial charge < -0.3 is 10.2 Å². The highest BCUT2D eigenvalue weighted by Crippen LogP contribution is 2.32. The number of hydrogen-bond acceptors (Lipinski definition) is 2. The second-order valence-electron chi connectivity index (χ2n) is 7.53. The zero-order valence-electron chi connectivity index (χ0n) is 16.6. The standard InChI is InChI=1S/C25H27N3O/c29-25(28-19-7-12-24(28)22-13-16-26-17-14-22)27-18-15-23(20-8-3-1-4-9-20)21-10-5-2-6-11-21/h1-6,8-11,13-14,16-17,23-24H,7,12,15,18-19H2,(H,27,29). The van der Waals surface area contributed by atoms with Crippen LogP contribution in [0.15, 0.2) is 85.2 Å². The first-order chi connectivity index (χ1) is 14.3. The predicted molar refractivity (Wildman–Crippen MR) is 116 cm³/mol. The molecule has 0 radical (unpaired) electrons. The van der Waals surface area contributed by atoms with Crippen LogP contribution in [0.1, 0.15) is 47.9 Å². The molecule has 148 valence electrons. The van der Waals surface area contributed by atoms with Gasteiger partial charge in [-0.15, -0.1) is 0 Å². The number of pyridine rings is 1. The minimum atomic E-state index is 0.0317. The molecule has 1 saturated heterocycles. The Labute approximate surface area is 172 Å². The van der Waals surface area contributed by atoms with Crippen molar-refractivity contribution in [1.29, 1.82) is 0 Å². The number of nitrogens with one attached hydrogen (secondary N) is 1. The van der Waals surface area contributed by atoms with Gasteiger partial charge in [-0.3, -0.25) is 4.98 Å². The van der Waals surface area contributed by atoms with Crippen molar-refractivity contribution in [2.45, 2.75) is 31.2 Å². The SMILES string of the molecule is O=C(NCCC(c1ccccc1)c1ccccc1)N1CCCC1c1ccncc1. The second kappa shape index (κ2) is 9.37. The van der Waals surface area contributed by atoms with Crippen LogP contribution in [0, 0.1) is 0 Å². The first kappa shape index (κ1) is 19.2. The first-order valence-corrected chi connectivity index (χ1v) is 10.4. The number of likely N-dealkylation sites (tertiary alicyclic amines) is 1. The summed E-state index contributed by atoms with van der Waals surface area (Å²) in [5.74, 6) is 0.271. The summed E-state index contributed by atoms with van der Waals surface area (Å²) in [6.45, 7) is 1.45. The number of carbonyl (C=O) groups is 1. The quantitative estimate of drug-likeness (QED) is 0.638. The first-order valence-electron chi connectivity index (χ1n) is 10.4. The normalized spacial score (nSPS) is 16.2. The fourth-order valence-electron chi connectivity index (χ4n) is 4.26. The van der Waals surface area contributed by atoms with Gasteiger partial charge in [-0.1, -0.05) is 60.7 Å². The molecule has 4 rings (SSSR count). The highest BCUT2D eigenvalue weighted by molar-refractivity contribution is 5.75. The van der Waals surface area contributed by atoms with E-state index in [1.54, 1.807) is 12.4 Å². The molecule has 29 heavy (non-hydrogen) atoms. The molecule has 2 amide bonds. The molecule has 3 aromatic rings. The number of benzene rings is 2. The minimum absolute atomic E-state index is 0.0317. The van der Waals surface area contributed by atoms with Crippen molar-refractivity contribution in [3.05, 3.63) is 102 Å². The van der Waals surface area contributed by atoms with E-state index in [4.69, 9.17) is 0 Å². The lowest BCUT2D eigenvalue weighted by Crippen LogP contribution is -2.40. The molecule has 1 atom stereocenters. The van der Waals surface area contributed by atoms with Gasteiger partial charge in [0.1, 0.15) is 0 Å². The van der Waals surface area contributed by atoms with Gasteiger partial charge in [0.05, 0.1) is 6.04 Å². The molecule has 1 aliphatic heterocycles. The van der Waals surface area contributed by atoms with Crippen molar-refractivity contribution in [2.75, 3.05) is 13.1 Å². The number of carbonyl (C=O) groups excluding carboxylic acids is 1. The molecule has 0 aliphatic carbocycles. The molecule has 0 bridgehead atoms. The molecule has 0 spiro atoms. The number of nitrogens with zero attached hydrogens (tertiary/aromatic N) is 2. The van der Waals surface area contributed by atoms with Gasteiger partial charge in [-0.05, 0) is 48.1 Å². The summed E-state index contributed by atoms with van der Waals surface area (Å²) in [4.78, 5) is 18.9. The molecular weight excluding hydrogens is 358 g/mol. The Bertz CT molecular complexity index is 860. The molecule has 4 heteroatoms. The maximum Gasteiger partial charge on any atom is 0.317 e. The summed E-state index contributed by atoms with van der Waals surface area (Å²) >= 11 is 0.